The molecular formula is C71H93FIN7O8. The third-order valence-electron chi connectivity index (χ3n) is 17.9. The molecule has 5 atom stereocenters. The number of ether oxygens (including phenoxy) is 4. The summed E-state index contributed by atoms with van der Waals surface area (Å²) < 4.78 is 41.5. The molecule has 2 amide bonds. The number of morpholine rings is 2. The Morgan fingerprint density at radius 3 is 2.20 bits per heavy atom. The summed E-state index contributed by atoms with van der Waals surface area (Å²) in [4.78, 5) is 66.5. The first-order valence-corrected chi connectivity index (χ1v) is 35.7. The molecule has 5 aliphatic rings. The summed E-state index contributed by atoms with van der Waals surface area (Å²) in [6.07, 6.45) is 8.04. The number of aromatic amines is 1. The van der Waals surface area contributed by atoms with Crippen molar-refractivity contribution in [2.75, 3.05) is 112 Å². The maximum absolute atomic E-state index is 14.6. The molecule has 0 unspecified atom stereocenters. The van der Waals surface area contributed by atoms with Crippen LogP contribution in [0.4, 0.5) is 10.1 Å². The van der Waals surface area contributed by atoms with E-state index >= 15 is 0 Å². The number of rotatable bonds is 27. The number of anilines is 1. The Bertz CT molecular complexity index is 3270. The van der Waals surface area contributed by atoms with Gasteiger partial charge in [-0.25, -0.2) is 4.39 Å². The van der Waals surface area contributed by atoms with Crippen molar-refractivity contribution in [1.82, 2.24) is 30.3 Å². The zero-order valence-electron chi connectivity index (χ0n) is 52.9. The fourth-order valence-electron chi connectivity index (χ4n) is 12.6. The molecule has 474 valence electrons. The molecule has 0 saturated carbocycles. The van der Waals surface area contributed by atoms with Crippen LogP contribution in [0.15, 0.2) is 126 Å². The van der Waals surface area contributed by atoms with Crippen molar-refractivity contribution in [3.63, 3.8) is 0 Å². The number of hydrogen-bond acceptors (Lipinski definition) is 12. The topological polar surface area (TPSA) is 158 Å². The SMILES string of the molecule is C=Cc1ccc(C/C(C=O)=C/C2=C(C)C(C)(C)CN2C(=O)CI2C[C@@H](C)NC[C@@H]2CN2CCO[C@H](COc3cccc(OC[C@@H]4CN(C[C@@H](CNCCC)C(=C)CC(=O)N5CC(C)(C)c6[nH]c(=O)c(Cc7ccc(F)cc7)cc65)CCO4)c3C=C)C2)cc1. The Balaban J connectivity index is 0.772. The van der Waals surface area contributed by atoms with Gasteiger partial charge in [0.05, 0.1) is 12.3 Å². The summed E-state index contributed by atoms with van der Waals surface area (Å²) in [7, 11) is 0. The molecule has 9 rings (SSSR count). The zero-order chi connectivity index (χ0) is 62.7. The first kappa shape index (κ1) is 66.4. The van der Waals surface area contributed by atoms with Gasteiger partial charge in [-0.05, 0) is 36.7 Å². The molecule has 4 aromatic rings. The number of carbonyl (C=O) groups excluding carboxylic acids is 3. The van der Waals surface area contributed by atoms with E-state index in [-0.39, 0.29) is 53.2 Å². The molecule has 0 bridgehead atoms. The second-order valence-corrected chi connectivity index (χ2v) is 32.1. The zero-order valence-corrected chi connectivity index (χ0v) is 55.1. The number of aromatic nitrogens is 1. The predicted octanol–water partition coefficient (Wildman–Crippen LogP) is 9.81. The van der Waals surface area contributed by atoms with E-state index in [1.807, 2.05) is 79.4 Å². The van der Waals surface area contributed by atoms with Crippen molar-refractivity contribution >= 4 is 55.8 Å². The van der Waals surface area contributed by atoms with Crippen molar-refractivity contribution in [3.8, 4) is 11.5 Å². The fourth-order valence-corrected chi connectivity index (χ4v) is 19.5. The number of benzene rings is 3. The number of fused-ring (bicyclic) bond motifs is 1. The van der Waals surface area contributed by atoms with Gasteiger partial charge in [0.15, 0.2) is 0 Å². The first-order valence-electron chi connectivity index (χ1n) is 31.4. The van der Waals surface area contributed by atoms with Crippen LogP contribution in [0, 0.1) is 17.2 Å². The number of pyridine rings is 1. The fraction of sp³-hybridized carbons (Fsp3) is 0.493. The van der Waals surface area contributed by atoms with E-state index in [1.165, 1.54) is 12.1 Å². The van der Waals surface area contributed by atoms with Crippen LogP contribution in [0.2, 0.25) is 0 Å². The van der Waals surface area contributed by atoms with Gasteiger partial charge in [-0.3, -0.25) is 14.5 Å². The third-order valence-corrected chi connectivity index (χ3v) is 25.4. The number of nitrogens with zero attached hydrogens (tertiary/aromatic N) is 4. The summed E-state index contributed by atoms with van der Waals surface area (Å²) in [6.45, 7) is 37.2. The minimum atomic E-state index is -1.84. The van der Waals surface area contributed by atoms with Gasteiger partial charge in [0.2, 0.25) is 5.91 Å². The van der Waals surface area contributed by atoms with Gasteiger partial charge >= 0.3 is 300 Å². The van der Waals surface area contributed by atoms with Crippen molar-refractivity contribution in [2.24, 2.45) is 11.3 Å². The van der Waals surface area contributed by atoms with Gasteiger partial charge < -0.3 is 19.9 Å². The number of alkyl halides is 3. The Labute approximate surface area is 528 Å². The maximum atomic E-state index is 14.6. The van der Waals surface area contributed by atoms with Gasteiger partial charge in [-0.15, -0.1) is 0 Å². The number of H-pyrrole nitrogens is 1. The third kappa shape index (κ3) is 16.9. The molecule has 3 fully saturated rings. The van der Waals surface area contributed by atoms with Crippen LogP contribution in [0.1, 0.15) is 94.8 Å². The molecule has 0 aliphatic carbocycles. The van der Waals surface area contributed by atoms with E-state index in [9.17, 15) is 23.6 Å². The summed E-state index contributed by atoms with van der Waals surface area (Å²) >= 11 is -1.84. The van der Waals surface area contributed by atoms with Crippen molar-refractivity contribution in [2.45, 2.75) is 102 Å². The van der Waals surface area contributed by atoms with Gasteiger partial charge in [0.25, 0.3) is 5.56 Å². The molecule has 15 nitrogen and oxygen atoms in total. The average Bonchev–Trinajstić information content (AvgIpc) is 2.00. The van der Waals surface area contributed by atoms with Crippen molar-refractivity contribution < 1.29 is 37.7 Å². The number of nitrogens with one attached hydrogen (secondary N) is 3. The predicted molar refractivity (Wildman–Crippen MR) is 360 cm³/mol. The van der Waals surface area contributed by atoms with E-state index in [2.05, 4.69) is 79.8 Å². The molecule has 0 radical (unpaired) electrons. The van der Waals surface area contributed by atoms with Crippen LogP contribution < -0.4 is 30.6 Å². The normalized spacial score (nSPS) is 22.1. The standard InChI is InChI=1S/C71H93FIN7O8/c1-11-25-74-37-56(48(4)30-66(82)80-47-71(9,10)68-63(80)34-55(69(84)76-68)32-53-21-23-57(72)24-22-53)39-77-26-28-85-59(41-77)44-87-64-15-14-16-65(61(64)13-3)88-45-60-42-78(27-29-86-60)40-58-38-75-49(5)35-73(58)36-67(83)79-46-70(7,8)50(6)62(79)33-54(43-81)31-52-19-17-51(12-2)18-20-52/h12-24,33-34,43,49,56,58-60,74-75H,2-4,11,25-32,35-42,44-47H2,1,5-10H3,(H,76,84)/b54-33-/t49-,56-,58-,59+,60+/m1/s1. The number of amides is 2. The van der Waals surface area contributed by atoms with Crippen LogP contribution >= 0.6 is 19.8 Å². The van der Waals surface area contributed by atoms with Crippen LogP contribution in [-0.4, -0.2) is 167 Å². The van der Waals surface area contributed by atoms with Gasteiger partial charge in [-0.1, -0.05) is 51.6 Å². The summed E-state index contributed by atoms with van der Waals surface area (Å²) in [5.74, 6) is 1.07. The average molecular weight is 1320 g/mol. The van der Waals surface area contributed by atoms with E-state index in [0.29, 0.717) is 115 Å². The molecule has 3 saturated heterocycles. The molecule has 3 aromatic carbocycles. The van der Waals surface area contributed by atoms with E-state index in [4.69, 9.17) is 18.9 Å². The van der Waals surface area contributed by atoms with Gasteiger partial charge in [0.1, 0.15) is 11.9 Å². The van der Waals surface area contributed by atoms with E-state index in [1.54, 1.807) is 23.1 Å². The van der Waals surface area contributed by atoms with Gasteiger partial charge in [-0.2, -0.15) is 0 Å². The molecule has 1 aromatic heterocycles. The number of hydrogen-bond donors (Lipinski definition) is 3. The van der Waals surface area contributed by atoms with Crippen LogP contribution in [0.25, 0.3) is 12.2 Å². The van der Waals surface area contributed by atoms with Crippen molar-refractivity contribution in [3.05, 3.63) is 171 Å². The Morgan fingerprint density at radius 2 is 1.55 bits per heavy atom. The molecular weight excluding hydrogens is 1220 g/mol. The van der Waals surface area contributed by atoms with Crippen LogP contribution in [-0.2, 0) is 42.1 Å². The monoisotopic (exact) mass is 1320 g/mol. The minimum absolute atomic E-state index is 0.0187. The number of allylic oxidation sites excluding steroid dienone is 2. The number of aldehydes is 1. The second-order valence-electron chi connectivity index (χ2n) is 25.8. The Hall–Kier alpha value is -6.06. The summed E-state index contributed by atoms with van der Waals surface area (Å²) in [5, 5.41) is 7.34. The Morgan fingerprint density at radius 1 is 0.886 bits per heavy atom. The number of carbonyl (C=O) groups is 3. The van der Waals surface area contributed by atoms with Gasteiger partial charge in [0, 0.05) is 68.2 Å². The molecule has 17 heteroatoms. The molecule has 88 heavy (non-hydrogen) atoms. The van der Waals surface area contributed by atoms with Crippen LogP contribution in [0.5, 0.6) is 11.5 Å². The second kappa shape index (κ2) is 30.2. The first-order chi connectivity index (χ1) is 42.2. The quantitative estimate of drug-likeness (QED) is 0.0130. The molecule has 0 spiro atoms. The van der Waals surface area contributed by atoms with E-state index < -0.39 is 25.2 Å². The van der Waals surface area contributed by atoms with Crippen LogP contribution in [0.3, 0.4) is 0 Å². The summed E-state index contributed by atoms with van der Waals surface area (Å²) in [6, 6.07) is 22.2. The molecule has 6 heterocycles. The molecule has 5 aliphatic heterocycles. The summed E-state index contributed by atoms with van der Waals surface area (Å²) in [5.41, 5.74) is 8.21. The Kier molecular flexibility index (Phi) is 22.7. The van der Waals surface area contributed by atoms with Crippen molar-refractivity contribution in [1.29, 1.82) is 0 Å². The molecule has 3 N–H and O–H groups in total. The van der Waals surface area contributed by atoms with E-state index in [0.717, 1.165) is 101 Å². The number of halogens is 2.